The fourth-order valence-corrected chi connectivity index (χ4v) is 2.24. The molecule has 0 aliphatic rings. The molecule has 4 nitrogen and oxygen atoms in total. The number of halogens is 1. The van der Waals surface area contributed by atoms with E-state index in [1.807, 2.05) is 37.9 Å². The largest absolute Gasteiger partial charge is 0.359 e. The molecule has 5 heteroatoms. The van der Waals surface area contributed by atoms with Gasteiger partial charge in [-0.3, -0.25) is 14.5 Å². The average Bonchev–Trinajstić information content (AvgIpc) is 2.45. The van der Waals surface area contributed by atoms with E-state index in [1.165, 1.54) is 0 Å². The molecule has 0 aromatic heterocycles. The number of carbonyl (C=O) groups is 2. The summed E-state index contributed by atoms with van der Waals surface area (Å²) in [7, 11) is 3.48. The van der Waals surface area contributed by atoms with Crippen LogP contribution in [-0.2, 0) is 4.79 Å². The van der Waals surface area contributed by atoms with Crippen LogP contribution in [0.4, 0.5) is 0 Å². The number of amides is 1. The van der Waals surface area contributed by atoms with Gasteiger partial charge in [0.15, 0.2) is 5.78 Å². The number of hydrogen-bond donors (Lipinski definition) is 1. The highest BCUT2D eigenvalue weighted by Crippen LogP contribution is 2.14. The maximum Gasteiger partial charge on any atom is 0.223 e. The lowest BCUT2D eigenvalue weighted by atomic mass is 10.0. The Morgan fingerprint density at radius 3 is 2.30 bits per heavy atom. The predicted octanol–water partition coefficient (Wildman–Crippen LogP) is 2.33. The molecule has 0 spiro atoms. The van der Waals surface area contributed by atoms with Crippen LogP contribution in [0.1, 0.15) is 24.2 Å². The van der Waals surface area contributed by atoms with E-state index in [4.69, 9.17) is 0 Å². The van der Waals surface area contributed by atoms with Crippen LogP contribution in [0.25, 0.3) is 0 Å². The van der Waals surface area contributed by atoms with Crippen molar-refractivity contribution in [2.45, 2.75) is 19.9 Å². The zero-order valence-corrected chi connectivity index (χ0v) is 13.9. The molecule has 0 aliphatic heterocycles. The van der Waals surface area contributed by atoms with Gasteiger partial charge in [0.1, 0.15) is 0 Å². The molecule has 1 N–H and O–H groups in total. The summed E-state index contributed by atoms with van der Waals surface area (Å²) in [5, 5.41) is 2.62. The molecule has 0 saturated heterocycles. The molecular weight excluding hydrogens is 320 g/mol. The van der Waals surface area contributed by atoms with Crippen LogP contribution in [0, 0.1) is 5.92 Å². The van der Waals surface area contributed by atoms with Crippen molar-refractivity contribution in [2.24, 2.45) is 5.92 Å². The highest BCUT2D eigenvalue weighted by atomic mass is 79.9. The van der Waals surface area contributed by atoms with Crippen molar-refractivity contribution in [1.29, 1.82) is 0 Å². The van der Waals surface area contributed by atoms with Crippen molar-refractivity contribution in [1.82, 2.24) is 10.2 Å². The maximum absolute atomic E-state index is 12.4. The molecule has 0 bridgehead atoms. The number of carbonyl (C=O) groups excluding carboxylic acids is 2. The third kappa shape index (κ3) is 4.42. The third-order valence-corrected chi connectivity index (χ3v) is 3.95. The Morgan fingerprint density at radius 1 is 1.25 bits per heavy atom. The van der Waals surface area contributed by atoms with E-state index in [-0.39, 0.29) is 23.7 Å². The molecule has 1 rings (SSSR count). The highest BCUT2D eigenvalue weighted by molar-refractivity contribution is 9.10. The van der Waals surface area contributed by atoms with E-state index in [0.717, 1.165) is 4.47 Å². The van der Waals surface area contributed by atoms with Crippen LogP contribution in [-0.4, -0.2) is 43.3 Å². The zero-order chi connectivity index (χ0) is 15.3. The summed E-state index contributed by atoms with van der Waals surface area (Å²) in [6.45, 7) is 4.26. The van der Waals surface area contributed by atoms with Gasteiger partial charge >= 0.3 is 0 Å². The minimum atomic E-state index is -0.261. The topological polar surface area (TPSA) is 49.4 Å². The quantitative estimate of drug-likeness (QED) is 0.808. The standard InChI is InChI=1S/C15H21BrN2O2/c1-10(15(20)17-3)9-18(4)11(2)14(19)12-5-7-13(16)8-6-12/h5-8,10-11H,9H2,1-4H3,(H,17,20). The fourth-order valence-electron chi connectivity index (χ4n) is 1.97. The number of benzene rings is 1. The molecule has 2 unspecified atom stereocenters. The Labute approximate surface area is 128 Å². The van der Waals surface area contributed by atoms with Gasteiger partial charge in [-0.05, 0) is 26.1 Å². The molecule has 0 fully saturated rings. The SMILES string of the molecule is CNC(=O)C(C)CN(C)C(C)C(=O)c1ccc(Br)cc1. The molecule has 2 atom stereocenters. The smallest absolute Gasteiger partial charge is 0.223 e. The molecule has 20 heavy (non-hydrogen) atoms. The fraction of sp³-hybridized carbons (Fsp3) is 0.467. The normalized spacial score (nSPS) is 13.9. The summed E-state index contributed by atoms with van der Waals surface area (Å²) in [4.78, 5) is 25.8. The summed E-state index contributed by atoms with van der Waals surface area (Å²) >= 11 is 3.35. The Bertz CT molecular complexity index is 473. The lowest BCUT2D eigenvalue weighted by molar-refractivity contribution is -0.124. The summed E-state index contributed by atoms with van der Waals surface area (Å²) in [5.41, 5.74) is 0.681. The van der Waals surface area contributed by atoms with Gasteiger partial charge in [0.05, 0.1) is 6.04 Å². The zero-order valence-electron chi connectivity index (χ0n) is 12.3. The summed E-state index contributed by atoms with van der Waals surface area (Å²) < 4.78 is 0.947. The Morgan fingerprint density at radius 2 is 1.80 bits per heavy atom. The number of ketones is 1. The Balaban J connectivity index is 2.68. The molecule has 0 aliphatic carbocycles. The van der Waals surface area contributed by atoms with E-state index >= 15 is 0 Å². The van der Waals surface area contributed by atoms with Crippen molar-refractivity contribution in [3.63, 3.8) is 0 Å². The second kappa shape index (κ2) is 7.55. The lowest BCUT2D eigenvalue weighted by Crippen LogP contribution is -2.41. The number of rotatable bonds is 6. The van der Waals surface area contributed by atoms with Gasteiger partial charge in [-0.15, -0.1) is 0 Å². The first-order valence-electron chi connectivity index (χ1n) is 6.58. The van der Waals surface area contributed by atoms with Crippen LogP contribution >= 0.6 is 15.9 Å². The summed E-state index contributed by atoms with van der Waals surface area (Å²) in [6, 6.07) is 7.06. The van der Waals surface area contributed by atoms with Crippen molar-refractivity contribution in [3.05, 3.63) is 34.3 Å². The first-order valence-corrected chi connectivity index (χ1v) is 7.37. The number of likely N-dealkylation sites (N-methyl/N-ethyl adjacent to an activating group) is 1. The Kier molecular flexibility index (Phi) is 6.36. The van der Waals surface area contributed by atoms with Crippen LogP contribution in [0.5, 0.6) is 0 Å². The van der Waals surface area contributed by atoms with Gasteiger partial charge in [-0.2, -0.15) is 0 Å². The van der Waals surface area contributed by atoms with Crippen LogP contribution in [0.15, 0.2) is 28.7 Å². The Hall–Kier alpha value is -1.20. The van der Waals surface area contributed by atoms with E-state index in [0.29, 0.717) is 12.1 Å². The molecule has 1 aromatic carbocycles. The second-order valence-electron chi connectivity index (χ2n) is 5.00. The minimum absolute atomic E-state index is 0.0138. The summed E-state index contributed by atoms with van der Waals surface area (Å²) in [5.74, 6) is -0.102. The van der Waals surface area contributed by atoms with Crippen molar-refractivity contribution in [2.75, 3.05) is 20.6 Å². The molecule has 110 valence electrons. The maximum atomic E-state index is 12.4. The monoisotopic (exact) mass is 340 g/mol. The van der Waals surface area contributed by atoms with Crippen LogP contribution in [0.2, 0.25) is 0 Å². The van der Waals surface area contributed by atoms with Crippen molar-refractivity contribution in [3.8, 4) is 0 Å². The first-order chi connectivity index (χ1) is 9.36. The summed E-state index contributed by atoms with van der Waals surface area (Å²) in [6.07, 6.45) is 0. The number of Topliss-reactive ketones (excluding diaryl/α,β-unsaturated/α-hetero) is 1. The van der Waals surface area contributed by atoms with Gasteiger partial charge in [0.25, 0.3) is 0 Å². The lowest BCUT2D eigenvalue weighted by Gasteiger charge is -2.26. The van der Waals surface area contributed by atoms with Crippen molar-refractivity contribution < 1.29 is 9.59 Å². The predicted molar refractivity (Wildman–Crippen MR) is 83.8 cm³/mol. The van der Waals surface area contributed by atoms with Crippen molar-refractivity contribution >= 4 is 27.6 Å². The van der Waals surface area contributed by atoms with E-state index in [2.05, 4.69) is 21.2 Å². The van der Waals surface area contributed by atoms with Gasteiger partial charge in [0, 0.05) is 29.5 Å². The van der Waals surface area contributed by atoms with E-state index in [1.54, 1.807) is 19.2 Å². The van der Waals surface area contributed by atoms with Gasteiger partial charge in [-0.25, -0.2) is 0 Å². The first kappa shape index (κ1) is 16.9. The van der Waals surface area contributed by atoms with Gasteiger partial charge in [-0.1, -0.05) is 35.0 Å². The average molecular weight is 341 g/mol. The molecule has 0 saturated carbocycles. The third-order valence-electron chi connectivity index (χ3n) is 3.43. The minimum Gasteiger partial charge on any atom is -0.359 e. The number of hydrogen-bond acceptors (Lipinski definition) is 3. The molecular formula is C15H21BrN2O2. The van der Waals surface area contributed by atoms with Crippen LogP contribution in [0.3, 0.4) is 0 Å². The molecule has 1 aromatic rings. The van der Waals surface area contributed by atoms with Gasteiger partial charge < -0.3 is 5.32 Å². The second-order valence-corrected chi connectivity index (χ2v) is 5.92. The molecule has 1 amide bonds. The number of nitrogens with zero attached hydrogens (tertiary/aromatic N) is 1. The van der Waals surface area contributed by atoms with E-state index in [9.17, 15) is 9.59 Å². The van der Waals surface area contributed by atoms with Gasteiger partial charge in [0.2, 0.25) is 5.91 Å². The van der Waals surface area contributed by atoms with E-state index < -0.39 is 0 Å². The van der Waals surface area contributed by atoms with Crippen LogP contribution < -0.4 is 5.32 Å². The number of nitrogens with one attached hydrogen (secondary N) is 1. The molecule has 0 radical (unpaired) electrons. The highest BCUT2D eigenvalue weighted by Gasteiger charge is 2.22. The molecule has 0 heterocycles.